The number of unbranched alkanes of at least 4 members (excludes halogenated alkanes) is 3. The second kappa shape index (κ2) is 28.9. The van der Waals surface area contributed by atoms with Gasteiger partial charge in [-0.3, -0.25) is 14.4 Å². The predicted octanol–water partition coefficient (Wildman–Crippen LogP) is 13.0. The van der Waals surface area contributed by atoms with Crippen molar-refractivity contribution in [2.75, 3.05) is 0 Å². The van der Waals surface area contributed by atoms with Gasteiger partial charge in [-0.05, 0) is 111 Å². The van der Waals surface area contributed by atoms with E-state index in [2.05, 4.69) is 133 Å². The molecule has 51 heavy (non-hydrogen) atoms. The summed E-state index contributed by atoms with van der Waals surface area (Å²) < 4.78 is 0. The average molecular weight is 685 g/mol. The van der Waals surface area contributed by atoms with Crippen molar-refractivity contribution in [2.45, 2.75) is 99.3 Å². The number of aldehydes is 3. The van der Waals surface area contributed by atoms with Crippen LogP contribution in [0, 0.1) is 20.8 Å². The molecule has 3 heteroatoms. The van der Waals surface area contributed by atoms with Gasteiger partial charge in [0.05, 0.1) is 0 Å². The number of hydrogen-bond acceptors (Lipinski definition) is 3. The van der Waals surface area contributed by atoms with Crippen LogP contribution >= 0.6 is 0 Å². The van der Waals surface area contributed by atoms with Crippen LogP contribution in [0.25, 0.3) is 18.2 Å². The first-order valence-electron chi connectivity index (χ1n) is 18.5. The van der Waals surface area contributed by atoms with Gasteiger partial charge in [-0.25, -0.2) is 0 Å². The van der Waals surface area contributed by atoms with Gasteiger partial charge in [0.25, 0.3) is 0 Å². The molecule has 0 aliphatic rings. The zero-order valence-corrected chi connectivity index (χ0v) is 31.9. The topological polar surface area (TPSA) is 51.2 Å². The minimum Gasteiger partial charge on any atom is -0.299 e. The molecule has 0 aromatic heterocycles. The summed E-state index contributed by atoms with van der Waals surface area (Å²) in [6.45, 7) is 12.7. The molecule has 0 radical (unpaired) electrons. The summed E-state index contributed by atoms with van der Waals surface area (Å²) in [5.41, 5.74) is 10.6. The maximum absolute atomic E-state index is 10.5. The summed E-state index contributed by atoms with van der Waals surface area (Å²) in [5, 5.41) is 0. The van der Waals surface area contributed by atoms with E-state index in [1.807, 2.05) is 18.2 Å². The Labute approximate surface area is 309 Å². The summed E-state index contributed by atoms with van der Waals surface area (Å²) >= 11 is 0. The number of allylic oxidation sites excluding steroid dienone is 9. The van der Waals surface area contributed by atoms with E-state index in [4.69, 9.17) is 0 Å². The van der Waals surface area contributed by atoms with Crippen molar-refractivity contribution in [3.63, 3.8) is 0 Å². The lowest BCUT2D eigenvalue weighted by Crippen LogP contribution is -1.81. The van der Waals surface area contributed by atoms with Crippen molar-refractivity contribution in [1.29, 1.82) is 0 Å². The minimum absolute atomic E-state index is 0.866. The van der Waals surface area contributed by atoms with E-state index < -0.39 is 0 Å². The zero-order chi connectivity index (χ0) is 37.5. The molecule has 0 aliphatic heterocycles. The largest absolute Gasteiger partial charge is 0.299 e. The van der Waals surface area contributed by atoms with Gasteiger partial charge in [0, 0.05) is 0 Å². The fourth-order valence-corrected chi connectivity index (χ4v) is 4.71. The van der Waals surface area contributed by atoms with Gasteiger partial charge in [0.1, 0.15) is 18.9 Å². The van der Waals surface area contributed by atoms with Gasteiger partial charge in [0.15, 0.2) is 0 Å². The molecule has 270 valence electrons. The Morgan fingerprint density at radius 1 is 0.412 bits per heavy atom. The van der Waals surface area contributed by atoms with Crippen molar-refractivity contribution in [3.8, 4) is 0 Å². The molecule has 3 rings (SSSR count). The molecule has 0 spiro atoms. The standard InChI is InChI=1S/3C16H20O/c3*1-3-4-5-15(12-13-17)10-11-16-8-6-14(2)7-9-16/h3*6-13H,3-5H2,1-2H3/b11-10+,15-12+;2*11-10+,15-12-. The van der Waals surface area contributed by atoms with Crippen molar-refractivity contribution in [1.82, 2.24) is 0 Å². The molecule has 0 saturated heterocycles. The van der Waals surface area contributed by atoms with Crippen LogP contribution in [0.5, 0.6) is 0 Å². The van der Waals surface area contributed by atoms with Gasteiger partial charge in [-0.2, -0.15) is 0 Å². The highest BCUT2D eigenvalue weighted by atomic mass is 16.1. The van der Waals surface area contributed by atoms with E-state index in [1.54, 1.807) is 18.2 Å². The molecule has 3 nitrogen and oxygen atoms in total. The molecule has 0 fully saturated rings. The zero-order valence-electron chi connectivity index (χ0n) is 31.9. The third-order valence-electron chi connectivity index (χ3n) is 8.00. The van der Waals surface area contributed by atoms with E-state index in [1.165, 1.54) is 33.4 Å². The number of benzene rings is 3. The van der Waals surface area contributed by atoms with Gasteiger partial charge in [-0.15, -0.1) is 0 Å². The highest BCUT2D eigenvalue weighted by Gasteiger charge is 1.95. The summed E-state index contributed by atoms with van der Waals surface area (Å²) in [4.78, 5) is 31.6. The highest BCUT2D eigenvalue weighted by Crippen LogP contribution is 2.14. The minimum atomic E-state index is 0.866. The van der Waals surface area contributed by atoms with Gasteiger partial charge < -0.3 is 0 Å². The SMILES string of the molecule is CCCCC(/C=C/c1ccc(C)cc1)=C\C=O.CCCCC(=C/C=O)/C=C/c1ccc(C)cc1.CCCCC(=C/C=O)/C=C/c1ccc(C)cc1. The van der Waals surface area contributed by atoms with Crippen LogP contribution < -0.4 is 0 Å². The normalized spacial score (nSPS) is 12.0. The summed E-state index contributed by atoms with van der Waals surface area (Å²) in [5.74, 6) is 0. The van der Waals surface area contributed by atoms with E-state index >= 15 is 0 Å². The average Bonchev–Trinajstić information content (AvgIpc) is 3.14. The van der Waals surface area contributed by atoms with Crippen molar-refractivity contribution >= 4 is 37.1 Å². The van der Waals surface area contributed by atoms with Crippen LogP contribution in [0.4, 0.5) is 0 Å². The van der Waals surface area contributed by atoms with Crippen LogP contribution in [0.2, 0.25) is 0 Å². The van der Waals surface area contributed by atoms with E-state index in [-0.39, 0.29) is 0 Å². The number of aryl methyl sites for hydroxylation is 3. The Hall–Kier alpha value is -4.89. The molecule has 0 bridgehead atoms. The van der Waals surface area contributed by atoms with Crippen LogP contribution in [-0.2, 0) is 14.4 Å². The maximum atomic E-state index is 10.5. The monoisotopic (exact) mass is 684 g/mol. The molecule has 3 aromatic carbocycles. The molecule has 0 aliphatic carbocycles. The predicted molar refractivity (Wildman–Crippen MR) is 222 cm³/mol. The van der Waals surface area contributed by atoms with Gasteiger partial charge >= 0.3 is 0 Å². The van der Waals surface area contributed by atoms with Crippen LogP contribution in [0.1, 0.15) is 112 Å². The van der Waals surface area contributed by atoms with Crippen LogP contribution in [0.15, 0.2) is 126 Å². The Morgan fingerprint density at radius 3 is 0.843 bits per heavy atom. The first-order chi connectivity index (χ1) is 24.8. The number of hydrogen-bond donors (Lipinski definition) is 0. The lowest BCUT2D eigenvalue weighted by molar-refractivity contribution is -0.104. The fraction of sp³-hybridized carbons (Fsp3) is 0.312. The summed E-state index contributed by atoms with van der Waals surface area (Å²) in [6, 6.07) is 25.1. The van der Waals surface area contributed by atoms with Crippen molar-refractivity contribution in [3.05, 3.63) is 159 Å². The Bertz CT molecular complexity index is 1380. The van der Waals surface area contributed by atoms with Crippen LogP contribution in [-0.4, -0.2) is 18.9 Å². The van der Waals surface area contributed by atoms with Gasteiger partial charge in [0.2, 0.25) is 0 Å². The van der Waals surface area contributed by atoms with E-state index in [0.29, 0.717) is 0 Å². The number of rotatable bonds is 18. The number of carbonyl (C=O) groups is 3. The Morgan fingerprint density at radius 2 is 0.647 bits per heavy atom. The van der Waals surface area contributed by atoms with Crippen LogP contribution in [0.3, 0.4) is 0 Å². The second-order valence-electron chi connectivity index (χ2n) is 12.7. The summed E-state index contributed by atoms with van der Waals surface area (Å²) in [6.07, 6.45) is 29.6. The van der Waals surface area contributed by atoms with E-state index in [9.17, 15) is 14.4 Å². The molecule has 0 saturated carbocycles. The third kappa shape index (κ3) is 22.4. The van der Waals surface area contributed by atoms with Gasteiger partial charge in [-0.1, -0.05) is 166 Å². The summed E-state index contributed by atoms with van der Waals surface area (Å²) in [7, 11) is 0. The number of carbonyl (C=O) groups excluding carboxylic acids is 3. The van der Waals surface area contributed by atoms with Crippen molar-refractivity contribution < 1.29 is 14.4 Å². The molecule has 3 aromatic rings. The smallest absolute Gasteiger partial charge is 0.143 e. The lowest BCUT2D eigenvalue weighted by Gasteiger charge is -1.99. The molecule has 0 N–H and O–H groups in total. The Kier molecular flexibility index (Phi) is 25.0. The molecular weight excluding hydrogens is 625 g/mol. The second-order valence-corrected chi connectivity index (χ2v) is 12.7. The first kappa shape index (κ1) is 44.1. The van der Waals surface area contributed by atoms with Crippen molar-refractivity contribution in [2.24, 2.45) is 0 Å². The van der Waals surface area contributed by atoms with E-state index in [0.717, 1.165) is 93.4 Å². The highest BCUT2D eigenvalue weighted by molar-refractivity contribution is 5.70. The fourth-order valence-electron chi connectivity index (χ4n) is 4.71. The maximum Gasteiger partial charge on any atom is 0.143 e. The molecule has 0 unspecified atom stereocenters. The first-order valence-corrected chi connectivity index (χ1v) is 18.5. The third-order valence-corrected chi connectivity index (χ3v) is 8.00. The molecule has 0 amide bonds. The quantitative estimate of drug-likeness (QED) is 0.0761. The molecule has 0 atom stereocenters. The lowest BCUT2D eigenvalue weighted by atomic mass is 10.1. The molecule has 0 heterocycles. The Balaban J connectivity index is 0.000000382. The molecular formula is C48H60O3.